The van der Waals surface area contributed by atoms with Crippen LogP contribution in [0.2, 0.25) is 0 Å². The van der Waals surface area contributed by atoms with Gasteiger partial charge in [0.05, 0.1) is 13.2 Å². The van der Waals surface area contributed by atoms with Crippen LogP contribution in [0.15, 0.2) is 0 Å². The molecule has 1 heterocycles. The average Bonchev–Trinajstić information content (AvgIpc) is 2.25. The van der Waals surface area contributed by atoms with E-state index in [0.717, 1.165) is 0 Å². The molecule has 1 aliphatic heterocycles. The van der Waals surface area contributed by atoms with Crippen molar-refractivity contribution in [2.75, 3.05) is 32.8 Å². The van der Waals surface area contributed by atoms with Gasteiger partial charge in [-0.3, -0.25) is 4.79 Å². The molecule has 15 heavy (non-hydrogen) atoms. The molecule has 0 bridgehead atoms. The summed E-state index contributed by atoms with van der Waals surface area (Å²) in [6.45, 7) is 2.75. The Hall–Kier alpha value is -1.30. The van der Waals surface area contributed by atoms with Crippen LogP contribution in [0.5, 0.6) is 0 Å². The molecule has 0 saturated carbocycles. The third-order valence-electron chi connectivity index (χ3n) is 2.14. The number of carboxylic acids is 1. The summed E-state index contributed by atoms with van der Waals surface area (Å²) in [7, 11) is 0. The lowest BCUT2D eigenvalue weighted by Gasteiger charge is -2.26. The second-order valence-electron chi connectivity index (χ2n) is 3.33. The summed E-state index contributed by atoms with van der Waals surface area (Å²) in [4.78, 5) is 23.3. The van der Waals surface area contributed by atoms with Crippen molar-refractivity contribution in [2.24, 2.45) is 0 Å². The van der Waals surface area contributed by atoms with E-state index in [1.54, 1.807) is 4.90 Å². The Kier molecular flexibility index (Phi) is 4.89. The lowest BCUT2D eigenvalue weighted by molar-refractivity contribution is -0.137. The quantitative estimate of drug-likeness (QED) is 0.643. The van der Waals surface area contributed by atoms with Crippen molar-refractivity contribution in [3.8, 4) is 0 Å². The maximum atomic E-state index is 11.5. The monoisotopic (exact) mass is 216 g/mol. The van der Waals surface area contributed by atoms with Gasteiger partial charge in [0.2, 0.25) is 0 Å². The number of hydrogen-bond acceptors (Lipinski definition) is 3. The molecule has 0 aliphatic carbocycles. The van der Waals surface area contributed by atoms with Gasteiger partial charge in [-0.25, -0.2) is 4.79 Å². The fraction of sp³-hybridized carbons (Fsp3) is 0.778. The molecule has 0 atom stereocenters. The van der Waals surface area contributed by atoms with E-state index >= 15 is 0 Å². The van der Waals surface area contributed by atoms with E-state index in [4.69, 9.17) is 9.84 Å². The summed E-state index contributed by atoms with van der Waals surface area (Å²) < 4.78 is 5.11. The molecule has 86 valence electrons. The largest absolute Gasteiger partial charge is 0.481 e. The lowest BCUT2D eigenvalue weighted by Crippen LogP contribution is -2.46. The van der Waals surface area contributed by atoms with Gasteiger partial charge in [-0.2, -0.15) is 0 Å². The number of amides is 2. The predicted molar refractivity (Wildman–Crippen MR) is 52.7 cm³/mol. The van der Waals surface area contributed by atoms with Crippen molar-refractivity contribution < 1.29 is 19.4 Å². The fourth-order valence-corrected chi connectivity index (χ4v) is 1.31. The first kappa shape index (κ1) is 11.8. The minimum Gasteiger partial charge on any atom is -0.481 e. The molecule has 1 fully saturated rings. The van der Waals surface area contributed by atoms with Crippen molar-refractivity contribution in [1.82, 2.24) is 10.2 Å². The maximum absolute atomic E-state index is 11.5. The third kappa shape index (κ3) is 4.64. The Labute approximate surface area is 88.2 Å². The molecule has 6 nitrogen and oxygen atoms in total. The van der Waals surface area contributed by atoms with E-state index in [9.17, 15) is 9.59 Å². The number of nitrogens with zero attached hydrogens (tertiary/aromatic N) is 1. The molecule has 0 aromatic carbocycles. The van der Waals surface area contributed by atoms with Gasteiger partial charge in [0.1, 0.15) is 0 Å². The number of carbonyl (C=O) groups excluding carboxylic acids is 1. The zero-order chi connectivity index (χ0) is 11.1. The predicted octanol–water partition coefficient (Wildman–Crippen LogP) is -0.107. The number of aliphatic carboxylic acids is 1. The minimum absolute atomic E-state index is 0.0867. The van der Waals surface area contributed by atoms with Gasteiger partial charge in [0.25, 0.3) is 0 Å². The Morgan fingerprint density at radius 2 is 2.00 bits per heavy atom. The van der Waals surface area contributed by atoms with Crippen LogP contribution >= 0.6 is 0 Å². The van der Waals surface area contributed by atoms with Crippen LogP contribution in [0.25, 0.3) is 0 Å². The second kappa shape index (κ2) is 6.23. The number of urea groups is 1. The SMILES string of the molecule is O=C(O)CCCNC(=O)N1CCOCC1. The third-order valence-corrected chi connectivity index (χ3v) is 2.14. The van der Waals surface area contributed by atoms with Crippen molar-refractivity contribution in [2.45, 2.75) is 12.8 Å². The Balaban J connectivity index is 2.09. The molecule has 2 amide bonds. The number of carboxylic acid groups (broad SMARTS) is 1. The van der Waals surface area contributed by atoms with Crippen LogP contribution < -0.4 is 5.32 Å². The number of ether oxygens (including phenoxy) is 1. The normalized spacial score (nSPS) is 16.1. The van der Waals surface area contributed by atoms with Crippen LogP contribution in [0.1, 0.15) is 12.8 Å². The van der Waals surface area contributed by atoms with E-state index in [-0.39, 0.29) is 12.5 Å². The summed E-state index contributed by atoms with van der Waals surface area (Å²) in [5, 5.41) is 11.1. The maximum Gasteiger partial charge on any atom is 0.317 e. The van der Waals surface area contributed by atoms with Crippen LogP contribution in [0.4, 0.5) is 4.79 Å². The highest BCUT2D eigenvalue weighted by Crippen LogP contribution is 1.97. The van der Waals surface area contributed by atoms with Crippen LogP contribution in [0, 0.1) is 0 Å². The summed E-state index contributed by atoms with van der Waals surface area (Å²) in [5.41, 5.74) is 0. The van der Waals surface area contributed by atoms with Crippen molar-refractivity contribution in [3.63, 3.8) is 0 Å². The fourth-order valence-electron chi connectivity index (χ4n) is 1.31. The van der Waals surface area contributed by atoms with Gasteiger partial charge < -0.3 is 20.1 Å². The summed E-state index contributed by atoms with van der Waals surface area (Å²) in [6, 6.07) is -0.135. The van der Waals surface area contributed by atoms with Gasteiger partial charge in [-0.1, -0.05) is 0 Å². The molecule has 0 radical (unpaired) electrons. The molecular formula is C9H16N2O4. The van der Waals surface area contributed by atoms with Gasteiger partial charge in [-0.15, -0.1) is 0 Å². The van der Waals surface area contributed by atoms with Crippen LogP contribution in [0.3, 0.4) is 0 Å². The Bertz CT molecular complexity index is 226. The van der Waals surface area contributed by atoms with E-state index in [2.05, 4.69) is 5.32 Å². The van der Waals surface area contributed by atoms with Gasteiger partial charge in [0.15, 0.2) is 0 Å². The number of morpholine rings is 1. The second-order valence-corrected chi connectivity index (χ2v) is 3.33. The molecular weight excluding hydrogens is 200 g/mol. The van der Waals surface area contributed by atoms with Crippen LogP contribution in [-0.4, -0.2) is 54.9 Å². The topological polar surface area (TPSA) is 78.9 Å². The number of carbonyl (C=O) groups is 2. The zero-order valence-corrected chi connectivity index (χ0v) is 8.57. The summed E-state index contributed by atoms with van der Waals surface area (Å²) in [5.74, 6) is -0.837. The minimum atomic E-state index is -0.837. The average molecular weight is 216 g/mol. The smallest absolute Gasteiger partial charge is 0.317 e. The van der Waals surface area contributed by atoms with E-state index < -0.39 is 5.97 Å². The first-order valence-corrected chi connectivity index (χ1v) is 5.02. The molecule has 0 unspecified atom stereocenters. The van der Waals surface area contributed by atoms with E-state index in [0.29, 0.717) is 39.3 Å². The summed E-state index contributed by atoms with van der Waals surface area (Å²) in [6.07, 6.45) is 0.550. The first-order chi connectivity index (χ1) is 7.20. The van der Waals surface area contributed by atoms with E-state index in [1.165, 1.54) is 0 Å². The van der Waals surface area contributed by atoms with Crippen molar-refractivity contribution in [1.29, 1.82) is 0 Å². The molecule has 1 saturated heterocycles. The molecule has 2 N–H and O–H groups in total. The highest BCUT2D eigenvalue weighted by molar-refractivity contribution is 5.74. The molecule has 0 aromatic rings. The van der Waals surface area contributed by atoms with Crippen molar-refractivity contribution >= 4 is 12.0 Å². The molecule has 1 rings (SSSR count). The highest BCUT2D eigenvalue weighted by Gasteiger charge is 2.15. The molecule has 6 heteroatoms. The molecule has 0 spiro atoms. The van der Waals surface area contributed by atoms with Gasteiger partial charge in [0, 0.05) is 26.1 Å². The molecule has 1 aliphatic rings. The Morgan fingerprint density at radius 1 is 1.33 bits per heavy atom. The van der Waals surface area contributed by atoms with Gasteiger partial charge >= 0.3 is 12.0 Å². The lowest BCUT2D eigenvalue weighted by atomic mass is 10.3. The number of hydrogen-bond donors (Lipinski definition) is 2. The highest BCUT2D eigenvalue weighted by atomic mass is 16.5. The van der Waals surface area contributed by atoms with Crippen molar-refractivity contribution in [3.05, 3.63) is 0 Å². The van der Waals surface area contributed by atoms with Gasteiger partial charge in [-0.05, 0) is 6.42 Å². The first-order valence-electron chi connectivity index (χ1n) is 5.02. The summed E-state index contributed by atoms with van der Waals surface area (Å²) >= 11 is 0. The zero-order valence-electron chi connectivity index (χ0n) is 8.57. The van der Waals surface area contributed by atoms with Crippen LogP contribution in [-0.2, 0) is 9.53 Å². The molecule has 0 aromatic heterocycles. The standard InChI is InChI=1S/C9H16N2O4/c12-8(13)2-1-3-10-9(14)11-4-6-15-7-5-11/h1-7H2,(H,10,14)(H,12,13). The number of nitrogens with one attached hydrogen (secondary N) is 1. The number of rotatable bonds is 4. The van der Waals surface area contributed by atoms with E-state index in [1.807, 2.05) is 0 Å². The Morgan fingerprint density at radius 3 is 2.60 bits per heavy atom.